The van der Waals surface area contributed by atoms with E-state index in [1.54, 1.807) is 88.4 Å². The molecule has 3 aliphatic heterocycles. The van der Waals surface area contributed by atoms with Gasteiger partial charge in [-0.15, -0.1) is 0 Å². The molecule has 0 spiro atoms. The van der Waals surface area contributed by atoms with Crippen LogP contribution in [0.3, 0.4) is 0 Å². The van der Waals surface area contributed by atoms with Crippen molar-refractivity contribution in [2.75, 3.05) is 80.7 Å². The molecule has 10 amide bonds. The fourth-order valence-corrected chi connectivity index (χ4v) is 12.2. The first-order valence-electron chi connectivity index (χ1n) is 33.9. The molecule has 0 saturated carbocycles. The van der Waals surface area contributed by atoms with E-state index in [1.165, 1.54) is 51.8 Å². The number of unbranched alkanes of at least 4 members (excludes halogenated alkanes) is 2. The molecule has 4 aromatic rings. The number of rotatable bonds is 14. The number of carbonyl (C=O) groups excluding carboxylic acids is 12. The molecule has 28 heteroatoms. The molecule has 5 heterocycles. The lowest BCUT2D eigenvalue weighted by atomic mass is 9.98. The Morgan fingerprint density at radius 3 is 1.28 bits per heavy atom. The van der Waals surface area contributed by atoms with Crippen LogP contribution in [0.5, 0.6) is 11.5 Å². The van der Waals surface area contributed by atoms with Gasteiger partial charge in [0.1, 0.15) is 48.5 Å². The van der Waals surface area contributed by atoms with Gasteiger partial charge >= 0.3 is 11.9 Å². The third-order valence-electron chi connectivity index (χ3n) is 17.9. The Bertz CT molecular complexity index is 3360. The van der Waals surface area contributed by atoms with E-state index in [9.17, 15) is 47.9 Å². The zero-order valence-corrected chi connectivity index (χ0v) is 58.4. The van der Waals surface area contributed by atoms with Crippen LogP contribution in [0.15, 0.2) is 60.7 Å². The highest BCUT2D eigenvalue weighted by Crippen LogP contribution is 2.29. The maximum absolute atomic E-state index is 15.3. The fourth-order valence-electron chi connectivity index (χ4n) is 12.2. The zero-order chi connectivity index (χ0) is 71.7. The zero-order valence-electron chi connectivity index (χ0n) is 58.4. The van der Waals surface area contributed by atoms with Crippen molar-refractivity contribution in [3.05, 3.63) is 72.1 Å². The molecular formula is C70H96N12O16. The number of nitrogens with one attached hydrogen (secondary N) is 4. The number of hydrogen-bond donors (Lipinski definition) is 4. The summed E-state index contributed by atoms with van der Waals surface area (Å²) >= 11 is 0. The number of hydrogen-bond acceptors (Lipinski definition) is 18. The van der Waals surface area contributed by atoms with E-state index in [2.05, 4.69) is 31.2 Å². The second-order valence-corrected chi connectivity index (χ2v) is 26.1. The topological polar surface area (TPSA) is 335 Å². The number of ether oxygens (including phenoxy) is 4. The first-order chi connectivity index (χ1) is 46.7. The second kappa shape index (κ2) is 35.1. The molecular weight excluding hydrogens is 1260 g/mol. The van der Waals surface area contributed by atoms with Gasteiger partial charge < -0.3 is 69.6 Å². The lowest BCUT2D eigenvalue weighted by Crippen LogP contribution is -2.61. The van der Waals surface area contributed by atoms with Crippen molar-refractivity contribution in [1.29, 1.82) is 0 Å². The summed E-state index contributed by atoms with van der Waals surface area (Å²) in [6, 6.07) is 8.88. The van der Waals surface area contributed by atoms with E-state index in [-0.39, 0.29) is 62.0 Å². The monoisotopic (exact) mass is 1360 g/mol. The molecule has 28 nitrogen and oxygen atoms in total. The number of fused-ring (bicyclic) bond motifs is 4. The quantitative estimate of drug-likeness (QED) is 0.103. The first-order valence-corrected chi connectivity index (χ1v) is 33.9. The van der Waals surface area contributed by atoms with Gasteiger partial charge in [-0.25, -0.2) is 19.6 Å². The fraction of sp³-hybridized carbons (Fsp3) is 0.571. The molecule has 98 heavy (non-hydrogen) atoms. The number of pyridine rings is 2. The van der Waals surface area contributed by atoms with Crippen LogP contribution in [0.1, 0.15) is 141 Å². The summed E-state index contributed by atoms with van der Waals surface area (Å²) in [5.74, 6) is -10.8. The van der Waals surface area contributed by atoms with Crippen LogP contribution in [-0.4, -0.2) is 240 Å². The van der Waals surface area contributed by atoms with Crippen molar-refractivity contribution in [1.82, 2.24) is 60.6 Å². The summed E-state index contributed by atoms with van der Waals surface area (Å²) in [4.78, 5) is 190. The SMILES string of the molecule is CCCCOc1cc2ccccc2nc1C(=O)N[C@H]1C(=O)N2CCCC[C@H]2C(=O)NCC(=O)N(C)CC(=O)N(C)[C@@H](C(C)C)C(=O)O[C@H](C)[C@@H](NC(=O)c2nc3ccccc3cc2OCCCC)C(=O)N2CCCC[C@H]2C(=O)NCC(=O)N(C)CC(=O)N(C)[C@@H](C(C)C)C(=O)O[C@@H]1C. The Hall–Kier alpha value is -9.50. The predicted molar refractivity (Wildman–Crippen MR) is 361 cm³/mol. The van der Waals surface area contributed by atoms with E-state index >= 15 is 9.59 Å². The lowest BCUT2D eigenvalue weighted by Gasteiger charge is -2.39. The second-order valence-electron chi connectivity index (χ2n) is 26.1. The molecule has 7 rings (SSSR count). The Labute approximate surface area is 571 Å². The number of cyclic esters (lactones) is 2. The van der Waals surface area contributed by atoms with E-state index in [4.69, 9.17) is 18.9 Å². The number of benzene rings is 2. The van der Waals surface area contributed by atoms with E-state index in [1.807, 2.05) is 13.8 Å². The smallest absolute Gasteiger partial charge is 0.329 e. The number of para-hydroxylation sites is 2. The van der Waals surface area contributed by atoms with Crippen LogP contribution in [-0.2, 0) is 57.4 Å². The highest BCUT2D eigenvalue weighted by molar-refractivity contribution is 6.03. The molecule has 0 aliphatic carbocycles. The summed E-state index contributed by atoms with van der Waals surface area (Å²) in [7, 11) is 5.31. The molecule has 3 saturated heterocycles. The summed E-state index contributed by atoms with van der Waals surface area (Å²) in [5.41, 5.74) is 0.522. The highest BCUT2D eigenvalue weighted by Gasteiger charge is 2.45. The number of aromatic nitrogens is 2. The summed E-state index contributed by atoms with van der Waals surface area (Å²) in [6.07, 6.45) is 1.90. The van der Waals surface area contributed by atoms with Gasteiger partial charge in [0.2, 0.25) is 47.3 Å². The van der Waals surface area contributed by atoms with Crippen LogP contribution in [0.25, 0.3) is 21.8 Å². The van der Waals surface area contributed by atoms with Gasteiger partial charge in [0.15, 0.2) is 22.9 Å². The number of amides is 10. The molecule has 8 atom stereocenters. The molecule has 3 aliphatic rings. The number of carbonyl (C=O) groups is 12. The van der Waals surface area contributed by atoms with E-state index in [0.29, 0.717) is 60.3 Å². The lowest BCUT2D eigenvalue weighted by molar-refractivity contribution is -0.164. The minimum atomic E-state index is -1.70. The molecule has 532 valence electrons. The number of nitrogens with zero attached hydrogens (tertiary/aromatic N) is 8. The third-order valence-corrected chi connectivity index (χ3v) is 17.9. The molecule has 3 fully saturated rings. The maximum Gasteiger partial charge on any atom is 0.329 e. The summed E-state index contributed by atoms with van der Waals surface area (Å²) in [5, 5.41) is 12.1. The van der Waals surface area contributed by atoms with E-state index in [0.717, 1.165) is 32.4 Å². The third kappa shape index (κ3) is 19.0. The van der Waals surface area contributed by atoms with Gasteiger partial charge in [0.25, 0.3) is 11.8 Å². The van der Waals surface area contributed by atoms with Crippen LogP contribution in [0.2, 0.25) is 0 Å². The van der Waals surface area contributed by atoms with Gasteiger partial charge in [-0.3, -0.25) is 47.9 Å². The standard InChI is InChI=1S/C70H96N12O16/c1-13-15-33-95-51-35-45-25-17-19-27-47(45)73-59(51)65(89)75-57-43(7)97-69(93)61(41(3)4)79(11)55(85)39-77(9)54(84)38-72-64(88)50-30-22-24-32-82(50)68(92)58(76-66(90)60-52(96-34-16-14-2)36-46-26-18-20-28-48(46)74-60)44(8)98-70(94)62(42(5)6)80(12)56(86)40-78(10)53(83)37-71-63(87)49-29-21-23-31-81(49)67(57)91/h17-20,25-28,35-36,41-44,49-50,57-58,61-62H,13-16,21-24,29-34,37-40H2,1-12H3,(H,71,87)(H,72,88)(H,75,89)(H,76,90)/t43-,44-,49+,50+,57-,58-,61+,62+/m1/s1. The average Bonchev–Trinajstić information content (AvgIpc) is 0.808. The number of likely N-dealkylation sites (N-methyl/N-ethyl adjacent to an activating group) is 4. The number of esters is 2. The summed E-state index contributed by atoms with van der Waals surface area (Å²) < 4.78 is 24.4. The van der Waals surface area contributed by atoms with Crippen molar-refractivity contribution < 1.29 is 76.5 Å². The van der Waals surface area contributed by atoms with E-state index < -0.39 is 157 Å². The van der Waals surface area contributed by atoms with Crippen molar-refractivity contribution >= 4 is 92.8 Å². The predicted octanol–water partition coefficient (Wildman–Crippen LogP) is 3.79. The van der Waals surface area contributed by atoms with Gasteiger partial charge in [-0.2, -0.15) is 0 Å². The Kier molecular flexibility index (Phi) is 27.2. The Balaban J connectivity index is 1.22. The molecule has 0 unspecified atom stereocenters. The summed E-state index contributed by atoms with van der Waals surface area (Å²) in [6.45, 7) is 11.3. The van der Waals surface area contributed by atoms with Gasteiger partial charge in [-0.05, 0) is 101 Å². The highest BCUT2D eigenvalue weighted by atomic mass is 16.6. The van der Waals surface area contributed by atoms with Crippen LogP contribution in [0, 0.1) is 11.8 Å². The average molecular weight is 1360 g/mol. The van der Waals surface area contributed by atoms with Crippen molar-refractivity contribution in [3.63, 3.8) is 0 Å². The van der Waals surface area contributed by atoms with Crippen LogP contribution in [0.4, 0.5) is 0 Å². The van der Waals surface area contributed by atoms with Gasteiger partial charge in [-0.1, -0.05) is 90.8 Å². The molecule has 0 bridgehead atoms. The van der Waals surface area contributed by atoms with Gasteiger partial charge in [0.05, 0.1) is 50.4 Å². The Morgan fingerprint density at radius 1 is 0.551 bits per heavy atom. The normalized spacial score (nSPS) is 23.3. The van der Waals surface area contributed by atoms with Crippen molar-refractivity contribution in [3.8, 4) is 11.5 Å². The minimum absolute atomic E-state index is 0.00113. The minimum Gasteiger partial charge on any atom is -0.491 e. The van der Waals surface area contributed by atoms with Gasteiger partial charge in [0, 0.05) is 52.1 Å². The van der Waals surface area contributed by atoms with Crippen molar-refractivity contribution in [2.45, 2.75) is 168 Å². The first kappa shape index (κ1) is 75.9. The number of piperidine rings is 2. The van der Waals surface area contributed by atoms with Crippen molar-refractivity contribution in [2.24, 2.45) is 11.8 Å². The molecule has 4 N–H and O–H groups in total. The Morgan fingerprint density at radius 2 is 0.918 bits per heavy atom. The molecule has 0 radical (unpaired) electrons. The van der Waals surface area contributed by atoms with Crippen LogP contribution < -0.4 is 30.7 Å². The van der Waals surface area contributed by atoms with Crippen LogP contribution >= 0.6 is 0 Å². The maximum atomic E-state index is 15.3. The largest absolute Gasteiger partial charge is 0.491 e. The molecule has 2 aromatic heterocycles. The molecule has 2 aromatic carbocycles.